The molecule has 12 aromatic rings. The number of aromatic nitrogens is 11. The van der Waals surface area contributed by atoms with Crippen molar-refractivity contribution in [2.75, 3.05) is 56.1 Å². The number of nitrogens with two attached hydrogens (primary N) is 2. The SMILES string of the molecule is C.C.C.C.C.CCOC(=S)[S-].CN(c1nc2cnc(-c3cc(F)c4nn(C)cc4c3)cc2s1)C1CC(C)(C)NC(C)(C)C1.CN(c1nc2cnc(Cl)cc2s1)C1CC(C)(C)NC(C)(C)C1.CN=Cc1cc(B2OC(C)(C)C(C)(C)O2)cc(F)c1N.CNC1CC(C)(C)NC(C)(C)C1.Clc1cc2sc(Cl)nc2cn1.Nc1cnc(Cl)cc1Cl.O=S(=O)(Cl)Cl.S=c1[nH]c2cnc(Cl)cc2s1.[K+]. The number of piperidine rings is 3. The van der Waals surface area contributed by atoms with Crippen molar-refractivity contribution in [1.29, 1.82) is 0 Å². The Kier molecular flexibility index (Phi) is 49.7. The Hall–Kier alpha value is -3.99. The Morgan fingerprint density at radius 1 is 0.627 bits per heavy atom. The summed E-state index contributed by atoms with van der Waals surface area (Å²) in [5.74, 6) is -0.826. The summed E-state index contributed by atoms with van der Waals surface area (Å²) in [6.45, 7) is 37.5. The molecule has 0 atom stereocenters. The number of H-pyrrole nitrogens is 1. The van der Waals surface area contributed by atoms with Crippen LogP contribution in [0.5, 0.6) is 0 Å². The molecule has 736 valence electrons. The average Bonchev–Trinajstić information content (AvgIpc) is 1.65. The number of thiazole rings is 4. The van der Waals surface area contributed by atoms with E-state index in [1.807, 2.05) is 59.0 Å². The fourth-order valence-corrected chi connectivity index (χ4v) is 21.0. The zero-order chi connectivity index (χ0) is 95.5. The van der Waals surface area contributed by atoms with Crippen LogP contribution >= 0.6 is 161 Å². The maximum atomic E-state index is 14.6. The van der Waals surface area contributed by atoms with E-state index in [2.05, 4.69) is 231 Å². The molecule has 0 bridgehead atoms. The van der Waals surface area contributed by atoms with Crippen molar-refractivity contribution in [2.45, 2.75) is 256 Å². The number of pyridine rings is 5. The molecule has 0 radical (unpaired) electrons. The minimum atomic E-state index is -3.72. The van der Waals surface area contributed by atoms with Crippen LogP contribution in [0.15, 0.2) is 96.8 Å². The topological polar surface area (TPSA) is 318 Å². The molecule has 0 amide bonds. The van der Waals surface area contributed by atoms with Gasteiger partial charge in [0.25, 0.3) is 0 Å². The molecule has 134 heavy (non-hydrogen) atoms. The maximum Gasteiger partial charge on any atom is 1.00 e. The summed E-state index contributed by atoms with van der Waals surface area (Å²) in [7, 11) is 14.0. The first kappa shape index (κ1) is 126. The summed E-state index contributed by atoms with van der Waals surface area (Å²) in [4.78, 5) is 45.3. The second-order valence-electron chi connectivity index (χ2n) is 35.7. The van der Waals surface area contributed by atoms with Crippen LogP contribution in [0.4, 0.5) is 30.4 Å². The van der Waals surface area contributed by atoms with Gasteiger partial charge >= 0.3 is 66.8 Å². The van der Waals surface area contributed by atoms with Gasteiger partial charge in [0.1, 0.15) is 48.5 Å². The van der Waals surface area contributed by atoms with Crippen LogP contribution in [0.3, 0.4) is 0 Å². The third-order valence-corrected chi connectivity index (χ3v) is 26.6. The number of fused-ring (bicyclic) bond motifs is 5. The normalized spacial score (nSPS) is 16.7. The number of thiocarbonyl (C=S) groups is 1. The summed E-state index contributed by atoms with van der Waals surface area (Å²) in [6, 6.07) is 17.0. The molecule has 2 aromatic carbocycles. The number of aromatic amines is 1. The van der Waals surface area contributed by atoms with Gasteiger partial charge in [-0.15, -0.1) is 22.7 Å². The summed E-state index contributed by atoms with van der Waals surface area (Å²) >= 11 is 54.0. The fraction of sp³-hybridized carbons (Fsp3) is 0.506. The summed E-state index contributed by atoms with van der Waals surface area (Å²) in [6.07, 6.45) is 18.3. The van der Waals surface area contributed by atoms with Gasteiger partial charge in [-0.1, -0.05) is 135 Å². The van der Waals surface area contributed by atoms with E-state index in [1.165, 1.54) is 66.1 Å². The molecule has 0 spiro atoms. The number of nitrogen functional groups attached to an aromatic ring is 2. The first-order valence-electron chi connectivity index (χ1n) is 40.1. The Balaban J connectivity index is 0.000000534. The van der Waals surface area contributed by atoms with Gasteiger partial charge < -0.3 is 86.4 Å². The quantitative estimate of drug-likeness (QED) is 0.0134. The number of nitrogens with one attached hydrogen (secondary N) is 5. The Bertz CT molecular complexity index is 6000. The van der Waals surface area contributed by atoms with Gasteiger partial charge in [-0.2, -0.15) is 13.5 Å². The van der Waals surface area contributed by atoms with Crippen LogP contribution in [0, 0.1) is 15.6 Å². The molecular weight excluding hydrogens is 2060 g/mol. The number of anilines is 4. The molecule has 16 rings (SSSR count). The van der Waals surface area contributed by atoms with Crippen molar-refractivity contribution in [1.82, 2.24) is 75.9 Å². The molecule has 4 saturated heterocycles. The summed E-state index contributed by atoms with van der Waals surface area (Å²) in [5.41, 5.74) is 18.1. The molecule has 4 aliphatic rings. The van der Waals surface area contributed by atoms with E-state index in [9.17, 15) is 8.78 Å². The van der Waals surface area contributed by atoms with Gasteiger partial charge in [0.15, 0.2) is 24.5 Å². The van der Waals surface area contributed by atoms with Crippen molar-refractivity contribution >= 4 is 278 Å². The fourth-order valence-electron chi connectivity index (χ4n) is 15.5. The van der Waals surface area contributed by atoms with Crippen molar-refractivity contribution in [2.24, 2.45) is 12.0 Å². The van der Waals surface area contributed by atoms with E-state index >= 15 is 0 Å². The van der Waals surface area contributed by atoms with Gasteiger partial charge in [0, 0.05) is 134 Å². The Morgan fingerprint density at radius 2 is 1.04 bits per heavy atom. The van der Waals surface area contributed by atoms with Crippen LogP contribution in [-0.4, -0.2) is 178 Å². The maximum absolute atomic E-state index is 14.6. The Labute approximate surface area is 904 Å². The minimum Gasteiger partial charge on any atom is -0.514 e. The van der Waals surface area contributed by atoms with Gasteiger partial charge in [0.05, 0.1) is 95.2 Å². The van der Waals surface area contributed by atoms with Gasteiger partial charge in [0.2, 0.25) is 0 Å². The zero-order valence-corrected chi connectivity index (χ0v) is 91.8. The molecule has 0 saturated carbocycles. The summed E-state index contributed by atoms with van der Waals surface area (Å²) < 4.78 is 70.5. The van der Waals surface area contributed by atoms with Gasteiger partial charge in [-0.3, -0.25) is 14.7 Å². The Morgan fingerprint density at radius 3 is 1.48 bits per heavy atom. The molecule has 45 heteroatoms. The average molecular weight is 2190 g/mol. The number of ether oxygens (including phenoxy) is 1. The van der Waals surface area contributed by atoms with Crippen molar-refractivity contribution in [3.05, 3.63) is 143 Å². The second-order valence-corrected chi connectivity index (χ2v) is 47.6. The van der Waals surface area contributed by atoms with E-state index in [0.717, 1.165) is 97.4 Å². The predicted molar refractivity (Wildman–Crippen MR) is 580 cm³/mol. The first-order chi connectivity index (χ1) is 59.1. The van der Waals surface area contributed by atoms with Crippen LogP contribution in [-0.2, 0) is 42.0 Å². The molecule has 0 aliphatic carbocycles. The van der Waals surface area contributed by atoms with Gasteiger partial charge in [-0.05, 0) is 229 Å². The molecule has 9 N–H and O–H groups in total. The molecular formula is C89H128BCl8F2KN20O5S8. The van der Waals surface area contributed by atoms with Crippen LogP contribution in [0.1, 0.15) is 199 Å². The molecule has 0 unspecified atom stereocenters. The van der Waals surface area contributed by atoms with Crippen molar-refractivity contribution in [3.63, 3.8) is 0 Å². The number of aliphatic imine (C=N–C) groups is 1. The van der Waals surface area contributed by atoms with E-state index < -0.39 is 32.4 Å². The molecule has 4 fully saturated rings. The largest absolute Gasteiger partial charge is 1.00 e. The van der Waals surface area contributed by atoms with E-state index in [0.29, 0.717) is 77.1 Å². The van der Waals surface area contributed by atoms with E-state index in [1.54, 1.807) is 84.4 Å². The predicted octanol–water partition coefficient (Wildman–Crippen LogP) is 22.2. The first-order valence-corrected chi connectivity index (χ1v) is 50.0. The number of rotatable bonds is 9. The standard InChI is InChI=1S/C24H29FN6S.C16H23ClN4S.C14H20BFN2O2.C10H22N2.C6H2Cl2N2S.C6H3ClN2S2.C5H4Cl2N2.C3H6OS2.5CH4.Cl2O2S.K/c1-23(2)10-16(11-24(3,4)29-23)31(6)22-27-19-12-26-18(9-20(19)32-22)14-7-15-13-30(5)28-21(15)17(25)8-14;1-15(2)7-10(8-16(3,4)20-15)21(5)14-19-11-9-18-13(17)6-12(11)22-14;1-13(2)14(3,4)20-15(19-13)10-6-9(8-18-5)12(17)11(16)7-10;1-9(2)6-8(11-5)7-10(3,4)12-9;7-5-1-4-3(2-9-5)10-6(8)11-4;7-5-1-4-3(2-8-5)9-6(10)11-4;6-3-1-5(7)9-2-4(3)8;1-2-4-3(5)6;;;;;;1-5(2,3)4;/h7-9,12-13,16,29H,10-11H2,1-6H3;6,9-10,20H,7-8H2,1-5H3;6-8H,17H2,1-5H3;8,11-12H,6-7H2,1-5H3;1-2H;1-2H,(H,9,10);1-2H,8H2;2H2,1H3,(H,5,6);5*1H4;;/q;;;;;;;;;;;;;;+1/p-1. The van der Waals surface area contributed by atoms with Crippen LogP contribution in [0.25, 0.3) is 63.0 Å². The molecule has 10 aromatic heterocycles. The number of nitrogens with zero attached hydrogens (tertiary/aromatic N) is 13. The monoisotopic (exact) mass is 2180 g/mol. The molecule has 14 heterocycles. The molecule has 4 aliphatic heterocycles. The zero-order valence-electron chi connectivity index (χ0n) is 76.1. The number of halogens is 10. The smallest absolute Gasteiger partial charge is 0.514 e. The third-order valence-electron chi connectivity index (χ3n) is 20.7. The van der Waals surface area contributed by atoms with Gasteiger partial charge in [-0.25, -0.2) is 43.7 Å². The number of hydrogen-bond donors (Lipinski definition) is 7. The number of aryl methyl sites for hydroxylation is 1. The minimum absolute atomic E-state index is 0. The van der Waals surface area contributed by atoms with Crippen molar-refractivity contribution < 1.29 is 82.6 Å². The van der Waals surface area contributed by atoms with E-state index in [-0.39, 0.29) is 138 Å². The second kappa shape index (κ2) is 52.8. The number of hydrogen-bond acceptors (Lipinski definition) is 30. The third kappa shape index (κ3) is 38.4. The van der Waals surface area contributed by atoms with Crippen LogP contribution < -0.4 is 99.4 Å². The van der Waals surface area contributed by atoms with Crippen LogP contribution in [0.2, 0.25) is 30.1 Å². The number of benzene rings is 2. The van der Waals surface area contributed by atoms with E-state index in [4.69, 9.17) is 121 Å². The molecule has 25 nitrogen and oxygen atoms in total. The van der Waals surface area contributed by atoms with Crippen molar-refractivity contribution in [3.8, 4) is 11.3 Å². The summed E-state index contributed by atoms with van der Waals surface area (Å²) in [5, 5.41) is 23.8.